The van der Waals surface area contributed by atoms with Gasteiger partial charge in [-0.25, -0.2) is 0 Å². The smallest absolute Gasteiger partial charge is 0.223 e. The average molecular weight is 282 g/mol. The van der Waals surface area contributed by atoms with E-state index in [-0.39, 0.29) is 5.54 Å². The summed E-state index contributed by atoms with van der Waals surface area (Å²) in [6.45, 7) is 5.26. The molecule has 0 aliphatic carbocycles. The van der Waals surface area contributed by atoms with Gasteiger partial charge in [0.25, 0.3) is 0 Å². The number of hydrogen-bond donors (Lipinski definition) is 1. The van der Waals surface area contributed by atoms with Crippen LogP contribution in [0.2, 0.25) is 0 Å². The van der Waals surface area contributed by atoms with Crippen LogP contribution in [-0.2, 0) is 16.8 Å². The Morgan fingerprint density at radius 1 is 1.33 bits per heavy atom. The van der Waals surface area contributed by atoms with Crippen molar-refractivity contribution in [2.24, 2.45) is 0 Å². The van der Waals surface area contributed by atoms with Gasteiger partial charge in [0.1, 0.15) is 0 Å². The van der Waals surface area contributed by atoms with Crippen LogP contribution in [0.15, 0.2) is 18.2 Å². The van der Waals surface area contributed by atoms with Crippen LogP contribution in [0.1, 0.15) is 49.4 Å². The predicted molar refractivity (Wildman–Crippen MR) is 84.3 cm³/mol. The van der Waals surface area contributed by atoms with Crippen LogP contribution in [0.25, 0.3) is 10.9 Å². The van der Waals surface area contributed by atoms with Crippen LogP contribution in [0, 0.1) is 6.92 Å². The quantitative estimate of drug-likeness (QED) is 0.896. The van der Waals surface area contributed by atoms with Gasteiger partial charge in [-0.2, -0.15) is 0 Å². The Kier molecular flexibility index (Phi) is 2.69. The molecule has 110 valence electrons. The molecule has 1 atom stereocenters. The molecule has 3 nitrogen and oxygen atoms in total. The zero-order chi connectivity index (χ0) is 14.6. The van der Waals surface area contributed by atoms with E-state index in [2.05, 4.69) is 41.9 Å². The molecule has 3 heteroatoms. The van der Waals surface area contributed by atoms with Gasteiger partial charge in [0.2, 0.25) is 5.91 Å². The summed E-state index contributed by atoms with van der Waals surface area (Å²) in [4.78, 5) is 18.2. The second kappa shape index (κ2) is 4.36. The fourth-order valence-corrected chi connectivity index (χ4v) is 4.52. The maximum absolute atomic E-state index is 12.3. The van der Waals surface area contributed by atoms with Gasteiger partial charge in [0.15, 0.2) is 0 Å². The van der Waals surface area contributed by atoms with E-state index >= 15 is 0 Å². The molecule has 0 saturated carbocycles. The molecular weight excluding hydrogens is 260 g/mol. The molecule has 3 heterocycles. The molecule has 1 aromatic heterocycles. The number of aryl methyl sites for hydroxylation is 1. The van der Waals surface area contributed by atoms with Gasteiger partial charge < -0.3 is 9.88 Å². The van der Waals surface area contributed by atoms with Gasteiger partial charge in [-0.1, -0.05) is 31.5 Å². The summed E-state index contributed by atoms with van der Waals surface area (Å²) >= 11 is 0. The highest BCUT2D eigenvalue weighted by Gasteiger charge is 2.50. The minimum Gasteiger partial charge on any atom is -0.356 e. The van der Waals surface area contributed by atoms with Crippen LogP contribution in [0.5, 0.6) is 0 Å². The van der Waals surface area contributed by atoms with Crippen LogP contribution >= 0.6 is 0 Å². The number of H-pyrrole nitrogens is 1. The Morgan fingerprint density at radius 2 is 2.19 bits per heavy atom. The van der Waals surface area contributed by atoms with E-state index in [9.17, 15) is 4.79 Å². The van der Waals surface area contributed by atoms with Crippen molar-refractivity contribution in [3.8, 4) is 0 Å². The van der Waals surface area contributed by atoms with Crippen molar-refractivity contribution in [1.29, 1.82) is 0 Å². The molecule has 0 radical (unpaired) electrons. The number of amides is 1. The number of aromatic nitrogens is 1. The monoisotopic (exact) mass is 282 g/mol. The van der Waals surface area contributed by atoms with E-state index in [0.29, 0.717) is 12.3 Å². The van der Waals surface area contributed by atoms with Gasteiger partial charge in [0.05, 0.1) is 5.54 Å². The minimum atomic E-state index is -0.0646. The van der Waals surface area contributed by atoms with Gasteiger partial charge in [-0.15, -0.1) is 0 Å². The summed E-state index contributed by atoms with van der Waals surface area (Å²) in [6.07, 6.45) is 4.83. The van der Waals surface area contributed by atoms with Crippen molar-refractivity contribution in [3.05, 3.63) is 35.0 Å². The highest BCUT2D eigenvalue weighted by Crippen LogP contribution is 2.48. The normalized spacial score (nSPS) is 24.5. The third kappa shape index (κ3) is 1.57. The summed E-state index contributed by atoms with van der Waals surface area (Å²) < 4.78 is 0. The molecule has 1 amide bonds. The molecule has 0 spiro atoms. The molecule has 4 rings (SSSR count). The summed E-state index contributed by atoms with van der Waals surface area (Å²) in [6, 6.07) is 6.53. The van der Waals surface area contributed by atoms with Gasteiger partial charge >= 0.3 is 0 Å². The summed E-state index contributed by atoms with van der Waals surface area (Å²) in [5, 5.41) is 1.36. The van der Waals surface area contributed by atoms with Crippen molar-refractivity contribution < 1.29 is 4.79 Å². The molecule has 1 fully saturated rings. The highest BCUT2D eigenvalue weighted by molar-refractivity contribution is 5.89. The Morgan fingerprint density at radius 3 is 3.00 bits per heavy atom. The number of para-hydroxylation sites is 1. The number of hydrogen-bond acceptors (Lipinski definition) is 1. The third-order valence-electron chi connectivity index (χ3n) is 5.43. The maximum atomic E-state index is 12.3. The molecule has 1 N–H and O–H groups in total. The largest absolute Gasteiger partial charge is 0.356 e. The van der Waals surface area contributed by atoms with E-state index < -0.39 is 0 Å². The lowest BCUT2D eigenvalue weighted by Gasteiger charge is -2.42. The van der Waals surface area contributed by atoms with Gasteiger partial charge in [-0.3, -0.25) is 4.79 Å². The Hall–Kier alpha value is -1.77. The van der Waals surface area contributed by atoms with Crippen molar-refractivity contribution in [2.75, 3.05) is 6.54 Å². The average Bonchev–Trinajstić information content (AvgIpc) is 3.00. The first-order chi connectivity index (χ1) is 10.2. The van der Waals surface area contributed by atoms with Gasteiger partial charge in [0, 0.05) is 29.6 Å². The van der Waals surface area contributed by atoms with E-state index in [1.54, 1.807) is 0 Å². The Bertz CT molecular complexity index is 730. The number of nitrogens with one attached hydrogen (secondary N) is 1. The number of carbonyl (C=O) groups is 1. The van der Waals surface area contributed by atoms with Gasteiger partial charge in [-0.05, 0) is 37.3 Å². The molecule has 2 aliphatic heterocycles. The molecule has 1 saturated heterocycles. The Labute approximate surface area is 125 Å². The van der Waals surface area contributed by atoms with Crippen molar-refractivity contribution in [1.82, 2.24) is 9.88 Å². The highest BCUT2D eigenvalue weighted by atomic mass is 16.2. The standard InChI is InChI=1S/C18H22N2O/c1-3-9-18-10-7-15(21)20(18)11-8-14-13-6-4-5-12(2)16(13)19-17(14)18/h4-6,19H,3,7-11H2,1-2H3/t18-/m1/s1. The fraction of sp³-hybridized carbons (Fsp3) is 0.500. The first-order valence-corrected chi connectivity index (χ1v) is 8.08. The van der Waals surface area contributed by atoms with Crippen molar-refractivity contribution in [2.45, 2.75) is 51.5 Å². The lowest BCUT2D eigenvalue weighted by Crippen LogP contribution is -2.48. The second-order valence-corrected chi connectivity index (χ2v) is 6.55. The molecule has 1 aromatic carbocycles. The zero-order valence-electron chi connectivity index (χ0n) is 12.8. The number of benzene rings is 1. The number of aromatic amines is 1. The maximum Gasteiger partial charge on any atom is 0.223 e. The summed E-state index contributed by atoms with van der Waals surface area (Å²) in [5.41, 5.74) is 5.27. The van der Waals surface area contributed by atoms with Crippen LogP contribution < -0.4 is 0 Å². The van der Waals surface area contributed by atoms with Crippen LogP contribution in [0.4, 0.5) is 0 Å². The first kappa shape index (κ1) is 12.9. The number of rotatable bonds is 2. The van der Waals surface area contributed by atoms with Crippen molar-refractivity contribution >= 4 is 16.8 Å². The molecule has 2 aromatic rings. The molecule has 21 heavy (non-hydrogen) atoms. The minimum absolute atomic E-state index is 0.0646. The number of carbonyl (C=O) groups excluding carboxylic acids is 1. The summed E-state index contributed by atoms with van der Waals surface area (Å²) in [7, 11) is 0. The zero-order valence-corrected chi connectivity index (χ0v) is 12.8. The molecular formula is C18H22N2O. The predicted octanol–water partition coefficient (Wildman–Crippen LogP) is 3.65. The second-order valence-electron chi connectivity index (χ2n) is 6.55. The number of fused-ring (bicyclic) bond motifs is 5. The van der Waals surface area contributed by atoms with Crippen molar-refractivity contribution in [3.63, 3.8) is 0 Å². The SMILES string of the molecule is CCC[C@]12CCC(=O)N1CCc1c2[nH]c2c(C)cccc12. The van der Waals surface area contributed by atoms with E-state index in [1.165, 1.54) is 27.7 Å². The Balaban J connectivity index is 1.99. The molecule has 0 unspecified atom stereocenters. The summed E-state index contributed by atoms with van der Waals surface area (Å²) in [5.74, 6) is 0.337. The lowest BCUT2D eigenvalue weighted by molar-refractivity contribution is -0.132. The van der Waals surface area contributed by atoms with E-state index in [1.807, 2.05) is 0 Å². The number of nitrogens with zero attached hydrogens (tertiary/aromatic N) is 1. The topological polar surface area (TPSA) is 36.1 Å². The van der Waals surface area contributed by atoms with E-state index in [4.69, 9.17) is 0 Å². The first-order valence-electron chi connectivity index (χ1n) is 8.08. The molecule has 0 bridgehead atoms. The van der Waals surface area contributed by atoms with Crippen LogP contribution in [0.3, 0.4) is 0 Å². The third-order valence-corrected chi connectivity index (χ3v) is 5.43. The van der Waals surface area contributed by atoms with E-state index in [0.717, 1.165) is 32.2 Å². The fourth-order valence-electron chi connectivity index (χ4n) is 4.52. The van der Waals surface area contributed by atoms with Crippen LogP contribution in [-0.4, -0.2) is 22.3 Å². The lowest BCUT2D eigenvalue weighted by atomic mass is 9.81. The molecule has 2 aliphatic rings.